The number of hydrogen-bond donors (Lipinski definition) is 3. The molecule has 9 heteroatoms. The van der Waals surface area contributed by atoms with Gasteiger partial charge in [0, 0.05) is 6.04 Å². The van der Waals surface area contributed by atoms with Gasteiger partial charge in [0.1, 0.15) is 17.1 Å². The molecule has 1 amide bonds. The van der Waals surface area contributed by atoms with Crippen LogP contribution in [0, 0.1) is 11.8 Å². The Balaban J connectivity index is 1.48. The molecule has 3 heterocycles. The molecule has 1 aliphatic carbocycles. The molecule has 5 rings (SSSR count). The van der Waals surface area contributed by atoms with Crippen LogP contribution in [-0.2, 0) is 4.79 Å². The number of aromatic nitrogens is 3. The standard InChI is InChI=1S/C28H35ClN6O2/c1-4-16-6-5-7-21(23(16)26(30)36)32-24-20(29)15-31-28-25(24)33-27(34-28)19-9-8-18(14-22(19)37-3)17-10-12-35(2)13-11-17/h5-6,8-9,14-17,21,23H,4,7,10-13H2,1-3H3,(H2,30,36)(H2,31,32,33,34). The third-order valence-corrected chi connectivity index (χ3v) is 8.23. The Morgan fingerprint density at radius 2 is 2.11 bits per heavy atom. The minimum absolute atomic E-state index is 0.0875. The van der Waals surface area contributed by atoms with Crippen LogP contribution in [0.15, 0.2) is 36.5 Å². The lowest BCUT2D eigenvalue weighted by Crippen LogP contribution is -2.43. The Labute approximate surface area is 222 Å². The summed E-state index contributed by atoms with van der Waals surface area (Å²) >= 11 is 6.62. The zero-order chi connectivity index (χ0) is 26.1. The van der Waals surface area contributed by atoms with Gasteiger partial charge in [-0.05, 0) is 75.4 Å². The molecule has 2 aliphatic rings. The zero-order valence-corrected chi connectivity index (χ0v) is 22.4. The predicted octanol–water partition coefficient (Wildman–Crippen LogP) is 4.96. The number of primary amides is 1. The molecule has 4 N–H and O–H groups in total. The average molecular weight is 523 g/mol. The smallest absolute Gasteiger partial charge is 0.223 e. The van der Waals surface area contributed by atoms with Crippen LogP contribution in [0.4, 0.5) is 5.69 Å². The molecule has 196 valence electrons. The fourth-order valence-electron chi connectivity index (χ4n) is 5.80. The molecule has 1 fully saturated rings. The highest BCUT2D eigenvalue weighted by atomic mass is 35.5. The second kappa shape index (κ2) is 10.7. The van der Waals surface area contributed by atoms with Gasteiger partial charge in [-0.2, -0.15) is 0 Å². The maximum Gasteiger partial charge on any atom is 0.223 e. The van der Waals surface area contributed by atoms with Gasteiger partial charge >= 0.3 is 0 Å². The highest BCUT2D eigenvalue weighted by Crippen LogP contribution is 2.38. The summed E-state index contributed by atoms with van der Waals surface area (Å²) in [5.41, 5.74) is 9.88. The second-order valence-corrected chi connectivity index (χ2v) is 10.6. The minimum atomic E-state index is -0.330. The number of nitrogens with one attached hydrogen (secondary N) is 2. The van der Waals surface area contributed by atoms with Gasteiger partial charge in [0.25, 0.3) is 0 Å². The number of benzene rings is 1. The van der Waals surface area contributed by atoms with Crippen LogP contribution in [-0.4, -0.2) is 59.0 Å². The summed E-state index contributed by atoms with van der Waals surface area (Å²) < 4.78 is 5.80. The van der Waals surface area contributed by atoms with Gasteiger partial charge in [0.05, 0.1) is 35.5 Å². The van der Waals surface area contributed by atoms with E-state index >= 15 is 0 Å². The van der Waals surface area contributed by atoms with E-state index in [1.54, 1.807) is 13.3 Å². The van der Waals surface area contributed by atoms with Gasteiger partial charge in [0.15, 0.2) is 5.65 Å². The van der Waals surface area contributed by atoms with E-state index in [1.807, 2.05) is 0 Å². The zero-order valence-electron chi connectivity index (χ0n) is 21.6. The van der Waals surface area contributed by atoms with Crippen LogP contribution in [0.2, 0.25) is 5.02 Å². The SMILES string of the molecule is CCC1C=CCC(Nc2c(Cl)cnc3nc(-c4ccc(C5CCN(C)CC5)cc4OC)[nH]c23)C1C(N)=O. The molecule has 2 aromatic heterocycles. The van der Waals surface area contributed by atoms with Crippen molar-refractivity contribution in [3.05, 3.63) is 47.1 Å². The first-order valence-corrected chi connectivity index (χ1v) is 13.4. The summed E-state index contributed by atoms with van der Waals surface area (Å²) in [7, 11) is 3.86. The summed E-state index contributed by atoms with van der Waals surface area (Å²) in [5, 5.41) is 3.96. The molecule has 0 radical (unpaired) electrons. The predicted molar refractivity (Wildman–Crippen MR) is 148 cm³/mol. The summed E-state index contributed by atoms with van der Waals surface area (Å²) in [6, 6.07) is 6.21. The number of ether oxygens (including phenoxy) is 1. The number of anilines is 1. The lowest BCUT2D eigenvalue weighted by Gasteiger charge is -2.33. The van der Waals surface area contributed by atoms with Crippen LogP contribution in [0.5, 0.6) is 5.75 Å². The molecule has 8 nitrogen and oxygen atoms in total. The molecule has 1 aromatic carbocycles. The van der Waals surface area contributed by atoms with Gasteiger partial charge in [-0.15, -0.1) is 0 Å². The maximum atomic E-state index is 12.4. The molecule has 0 spiro atoms. The molecule has 1 saturated heterocycles. The second-order valence-electron chi connectivity index (χ2n) is 10.2. The number of nitrogens with zero attached hydrogens (tertiary/aromatic N) is 3. The maximum absolute atomic E-state index is 12.4. The largest absolute Gasteiger partial charge is 0.496 e. The molecule has 0 bridgehead atoms. The van der Waals surface area contributed by atoms with E-state index in [4.69, 9.17) is 27.1 Å². The first-order chi connectivity index (χ1) is 17.9. The number of fused-ring (bicyclic) bond motifs is 1. The number of carbonyl (C=O) groups is 1. The highest BCUT2D eigenvalue weighted by molar-refractivity contribution is 6.34. The third kappa shape index (κ3) is 5.05. The fourth-order valence-corrected chi connectivity index (χ4v) is 6.00. The van der Waals surface area contributed by atoms with Crippen molar-refractivity contribution in [3.63, 3.8) is 0 Å². The van der Waals surface area contributed by atoms with Crippen LogP contribution in [0.3, 0.4) is 0 Å². The molecule has 0 saturated carbocycles. The van der Waals surface area contributed by atoms with Crippen molar-refractivity contribution in [2.75, 3.05) is 32.6 Å². The molecule has 1 aliphatic heterocycles. The van der Waals surface area contributed by atoms with E-state index in [2.05, 4.69) is 64.5 Å². The number of H-pyrrole nitrogens is 1. The van der Waals surface area contributed by atoms with Gasteiger partial charge in [0.2, 0.25) is 5.91 Å². The first kappa shape index (κ1) is 25.5. The van der Waals surface area contributed by atoms with Gasteiger partial charge in [-0.25, -0.2) is 9.97 Å². The minimum Gasteiger partial charge on any atom is -0.496 e. The van der Waals surface area contributed by atoms with Crippen molar-refractivity contribution in [2.24, 2.45) is 17.6 Å². The number of allylic oxidation sites excluding steroid dienone is 1. The Morgan fingerprint density at radius 1 is 1.32 bits per heavy atom. The quantitative estimate of drug-likeness (QED) is 0.378. The topological polar surface area (TPSA) is 109 Å². The van der Waals surface area contributed by atoms with E-state index in [1.165, 1.54) is 5.56 Å². The summed E-state index contributed by atoms with van der Waals surface area (Å²) in [6.07, 6.45) is 9.58. The van der Waals surface area contributed by atoms with Gasteiger partial charge < -0.3 is 25.7 Å². The number of amides is 1. The number of halogens is 1. The Hall–Kier alpha value is -3.10. The molecule has 37 heavy (non-hydrogen) atoms. The van der Waals surface area contributed by atoms with Crippen LogP contribution < -0.4 is 15.8 Å². The molecule has 3 unspecified atom stereocenters. The Morgan fingerprint density at radius 3 is 2.81 bits per heavy atom. The van der Waals surface area contributed by atoms with E-state index < -0.39 is 0 Å². The summed E-state index contributed by atoms with van der Waals surface area (Å²) in [6.45, 7) is 4.28. The van der Waals surface area contributed by atoms with E-state index in [9.17, 15) is 4.79 Å². The number of imidazole rings is 1. The van der Waals surface area contributed by atoms with Crippen molar-refractivity contribution < 1.29 is 9.53 Å². The van der Waals surface area contributed by atoms with E-state index in [0.717, 1.165) is 43.7 Å². The number of hydrogen-bond acceptors (Lipinski definition) is 6. The molecule has 3 atom stereocenters. The number of piperidine rings is 1. The Kier molecular flexibility index (Phi) is 7.40. The van der Waals surface area contributed by atoms with Crippen molar-refractivity contribution in [3.8, 4) is 17.1 Å². The number of likely N-dealkylation sites (tertiary alicyclic amines) is 1. The fraction of sp³-hybridized carbons (Fsp3) is 0.464. The average Bonchev–Trinajstić information content (AvgIpc) is 3.34. The van der Waals surface area contributed by atoms with Crippen molar-refractivity contribution in [2.45, 2.75) is 44.6 Å². The van der Waals surface area contributed by atoms with E-state index in [0.29, 0.717) is 40.0 Å². The highest BCUT2D eigenvalue weighted by Gasteiger charge is 2.34. The van der Waals surface area contributed by atoms with Crippen molar-refractivity contribution in [1.29, 1.82) is 0 Å². The van der Waals surface area contributed by atoms with Crippen LogP contribution >= 0.6 is 11.6 Å². The lowest BCUT2D eigenvalue weighted by molar-refractivity contribution is -0.123. The monoisotopic (exact) mass is 522 g/mol. The summed E-state index contributed by atoms with van der Waals surface area (Å²) in [4.78, 5) is 27.4. The number of carbonyl (C=O) groups excluding carboxylic acids is 1. The summed E-state index contributed by atoms with van der Waals surface area (Å²) in [5.74, 6) is 1.40. The molecular formula is C28H35ClN6O2. The van der Waals surface area contributed by atoms with Crippen molar-refractivity contribution >= 4 is 34.4 Å². The number of pyridine rings is 1. The Bertz CT molecular complexity index is 1310. The normalized spacial score (nSPS) is 22.9. The lowest BCUT2D eigenvalue weighted by atomic mass is 9.78. The number of aromatic amines is 1. The van der Waals surface area contributed by atoms with Crippen LogP contribution in [0.1, 0.15) is 44.1 Å². The van der Waals surface area contributed by atoms with Crippen LogP contribution in [0.25, 0.3) is 22.6 Å². The molecule has 3 aromatic rings. The number of methoxy groups -OCH3 is 1. The van der Waals surface area contributed by atoms with Crippen molar-refractivity contribution in [1.82, 2.24) is 19.9 Å². The first-order valence-electron chi connectivity index (χ1n) is 13.0. The van der Waals surface area contributed by atoms with Gasteiger partial charge in [-0.3, -0.25) is 4.79 Å². The number of nitrogens with two attached hydrogens (primary N) is 1. The third-order valence-electron chi connectivity index (χ3n) is 7.94. The molecular weight excluding hydrogens is 488 g/mol. The number of rotatable bonds is 7. The van der Waals surface area contributed by atoms with Gasteiger partial charge in [-0.1, -0.05) is 36.7 Å². The van der Waals surface area contributed by atoms with E-state index in [-0.39, 0.29) is 23.8 Å².